The van der Waals surface area contributed by atoms with Gasteiger partial charge in [0.1, 0.15) is 0 Å². The summed E-state index contributed by atoms with van der Waals surface area (Å²) < 4.78 is 0. The van der Waals surface area contributed by atoms with Gasteiger partial charge in [-0.05, 0) is 18.8 Å². The first-order valence-electron chi connectivity index (χ1n) is 3.19. The number of rotatable bonds is 3. The molecule has 0 aliphatic rings. The normalized spacial score (nSPS) is 14.6. The van der Waals surface area contributed by atoms with Crippen LogP contribution in [0.1, 0.15) is 27.2 Å². The average Bonchev–Trinajstić information content (AvgIpc) is 1.65. The fourth-order valence-electron chi connectivity index (χ4n) is 0.580. The van der Waals surface area contributed by atoms with Crippen LogP contribution in [0.15, 0.2) is 0 Å². The summed E-state index contributed by atoms with van der Waals surface area (Å²) in [5.41, 5.74) is 0. The maximum atomic E-state index is 4.31. The predicted octanol–water partition coefficient (Wildman–Crippen LogP) is 2.56. The Bertz CT molecular complexity index is 50.3. The van der Waals surface area contributed by atoms with Crippen LogP contribution in [-0.4, -0.2) is 5.25 Å². The molecule has 0 N–H and O–H groups in total. The molecule has 0 bridgehead atoms. The summed E-state index contributed by atoms with van der Waals surface area (Å²) in [7, 11) is 0. The monoisotopic (exact) mass is 131 g/mol. The van der Waals surface area contributed by atoms with Crippen molar-refractivity contribution in [2.24, 2.45) is 5.92 Å². The van der Waals surface area contributed by atoms with E-state index in [0.717, 1.165) is 6.42 Å². The molecule has 0 amide bonds. The molecule has 0 aliphatic carbocycles. The van der Waals surface area contributed by atoms with E-state index in [-0.39, 0.29) is 0 Å². The molecule has 1 radical (unpaired) electrons. The second-order valence-electron chi connectivity index (χ2n) is 2.41. The Kier molecular flexibility index (Phi) is 4.44. The molecule has 0 rings (SSSR count). The van der Waals surface area contributed by atoms with Gasteiger partial charge in [-0.15, -0.1) is 0 Å². The van der Waals surface area contributed by atoms with Crippen LogP contribution in [0.3, 0.4) is 0 Å². The molecule has 0 heterocycles. The van der Waals surface area contributed by atoms with E-state index in [1.54, 1.807) is 0 Å². The van der Waals surface area contributed by atoms with Crippen molar-refractivity contribution in [3.63, 3.8) is 0 Å². The van der Waals surface area contributed by atoms with Crippen LogP contribution in [0.5, 0.6) is 0 Å². The third-order valence-electron chi connectivity index (χ3n) is 1.03. The Hall–Kier alpha value is 0.350. The lowest BCUT2D eigenvalue weighted by Crippen LogP contribution is -2.02. The highest BCUT2D eigenvalue weighted by Crippen LogP contribution is 2.10. The third-order valence-corrected chi connectivity index (χ3v) is 1.56. The van der Waals surface area contributed by atoms with Crippen LogP contribution in [0.2, 0.25) is 0 Å². The van der Waals surface area contributed by atoms with E-state index < -0.39 is 0 Å². The fraction of sp³-hybridized carbons (Fsp3) is 0.857. The molecule has 0 saturated heterocycles. The molecule has 1 unspecified atom stereocenters. The first kappa shape index (κ1) is 8.35. The Labute approximate surface area is 58.1 Å². The van der Waals surface area contributed by atoms with Gasteiger partial charge in [-0.25, -0.2) is 0 Å². The van der Waals surface area contributed by atoms with E-state index in [4.69, 9.17) is 0 Å². The second kappa shape index (κ2) is 4.25. The highest BCUT2D eigenvalue weighted by Gasteiger charge is 2.01. The zero-order chi connectivity index (χ0) is 6.57. The summed E-state index contributed by atoms with van der Waals surface area (Å²) in [5.74, 6) is 0.678. The lowest BCUT2D eigenvalue weighted by atomic mass is 10.1. The minimum atomic E-state index is 0.495. The SMILES string of the molecule is CCC(S)[CH]C(C)C. The van der Waals surface area contributed by atoms with E-state index in [9.17, 15) is 0 Å². The summed E-state index contributed by atoms with van der Waals surface area (Å²) in [6.45, 7) is 6.51. The van der Waals surface area contributed by atoms with Crippen molar-refractivity contribution >= 4 is 12.6 Å². The van der Waals surface area contributed by atoms with Crippen LogP contribution >= 0.6 is 12.6 Å². The number of thiol groups is 1. The maximum absolute atomic E-state index is 4.31. The van der Waals surface area contributed by atoms with Crippen LogP contribution in [0.4, 0.5) is 0 Å². The van der Waals surface area contributed by atoms with E-state index in [1.165, 1.54) is 0 Å². The van der Waals surface area contributed by atoms with Gasteiger partial charge in [-0.3, -0.25) is 0 Å². The summed E-state index contributed by atoms with van der Waals surface area (Å²) in [6, 6.07) is 0. The van der Waals surface area contributed by atoms with Crippen LogP contribution in [0, 0.1) is 12.3 Å². The van der Waals surface area contributed by atoms with Gasteiger partial charge >= 0.3 is 0 Å². The lowest BCUT2D eigenvalue weighted by molar-refractivity contribution is 0.704. The van der Waals surface area contributed by atoms with Crippen molar-refractivity contribution in [3.05, 3.63) is 6.42 Å². The minimum Gasteiger partial charge on any atom is -0.176 e. The lowest BCUT2D eigenvalue weighted by Gasteiger charge is -2.08. The third kappa shape index (κ3) is 4.51. The topological polar surface area (TPSA) is 0 Å². The van der Waals surface area contributed by atoms with E-state index in [0.29, 0.717) is 11.2 Å². The number of hydrogen-bond donors (Lipinski definition) is 1. The van der Waals surface area contributed by atoms with Gasteiger partial charge in [0.25, 0.3) is 0 Å². The molecule has 0 spiro atoms. The van der Waals surface area contributed by atoms with Crippen molar-refractivity contribution in [1.82, 2.24) is 0 Å². The molecule has 8 heavy (non-hydrogen) atoms. The number of hydrogen-bond acceptors (Lipinski definition) is 1. The van der Waals surface area contributed by atoms with Gasteiger partial charge in [-0.1, -0.05) is 20.8 Å². The minimum absolute atomic E-state index is 0.495. The molecule has 0 nitrogen and oxygen atoms in total. The molecule has 0 aromatic carbocycles. The van der Waals surface area contributed by atoms with Crippen molar-refractivity contribution < 1.29 is 0 Å². The molecule has 0 aliphatic heterocycles. The molecular weight excluding hydrogens is 116 g/mol. The van der Waals surface area contributed by atoms with Gasteiger partial charge in [-0.2, -0.15) is 12.6 Å². The zero-order valence-electron chi connectivity index (χ0n) is 5.89. The maximum Gasteiger partial charge on any atom is 0.00480 e. The van der Waals surface area contributed by atoms with Gasteiger partial charge in [0.05, 0.1) is 0 Å². The Morgan fingerprint density at radius 1 is 1.50 bits per heavy atom. The van der Waals surface area contributed by atoms with Crippen molar-refractivity contribution in [2.45, 2.75) is 32.4 Å². The summed E-state index contributed by atoms with van der Waals surface area (Å²) in [4.78, 5) is 0. The molecule has 49 valence electrons. The summed E-state index contributed by atoms with van der Waals surface area (Å²) in [6.07, 6.45) is 3.39. The Morgan fingerprint density at radius 2 is 2.00 bits per heavy atom. The second-order valence-corrected chi connectivity index (χ2v) is 3.08. The first-order valence-corrected chi connectivity index (χ1v) is 3.71. The molecule has 0 fully saturated rings. The average molecular weight is 131 g/mol. The summed E-state index contributed by atoms with van der Waals surface area (Å²) in [5, 5.41) is 0.495. The van der Waals surface area contributed by atoms with Gasteiger partial charge in [0, 0.05) is 5.25 Å². The standard InChI is InChI=1S/C7H15S/c1-4-7(8)5-6(2)3/h5-8H,4H2,1-3H3. The van der Waals surface area contributed by atoms with E-state index >= 15 is 0 Å². The van der Waals surface area contributed by atoms with E-state index in [1.807, 2.05) is 0 Å². The van der Waals surface area contributed by atoms with Gasteiger partial charge in [0.2, 0.25) is 0 Å². The summed E-state index contributed by atoms with van der Waals surface area (Å²) >= 11 is 4.31. The molecule has 0 aromatic rings. The van der Waals surface area contributed by atoms with Crippen LogP contribution in [-0.2, 0) is 0 Å². The molecule has 0 aromatic heterocycles. The van der Waals surface area contributed by atoms with Gasteiger partial charge in [0.15, 0.2) is 0 Å². The highest BCUT2D eigenvalue weighted by atomic mass is 32.1. The molecule has 0 saturated carbocycles. The van der Waals surface area contributed by atoms with Gasteiger partial charge < -0.3 is 0 Å². The molecule has 1 atom stereocenters. The quantitative estimate of drug-likeness (QED) is 0.559. The van der Waals surface area contributed by atoms with Crippen LogP contribution in [0.25, 0.3) is 0 Å². The zero-order valence-corrected chi connectivity index (χ0v) is 6.78. The fourth-order valence-corrected chi connectivity index (χ4v) is 0.925. The van der Waals surface area contributed by atoms with Crippen LogP contribution < -0.4 is 0 Å². The highest BCUT2D eigenvalue weighted by molar-refractivity contribution is 7.81. The van der Waals surface area contributed by atoms with E-state index in [2.05, 4.69) is 39.8 Å². The molecule has 1 heteroatoms. The predicted molar refractivity (Wildman–Crippen MR) is 42.2 cm³/mol. The largest absolute Gasteiger partial charge is 0.176 e. The van der Waals surface area contributed by atoms with Crippen molar-refractivity contribution in [2.75, 3.05) is 0 Å². The van der Waals surface area contributed by atoms with Crippen molar-refractivity contribution in [3.8, 4) is 0 Å². The first-order chi connectivity index (χ1) is 3.66. The molecular formula is C7H15S. The van der Waals surface area contributed by atoms with Crippen molar-refractivity contribution in [1.29, 1.82) is 0 Å². The Balaban J connectivity index is 3.10. The smallest absolute Gasteiger partial charge is 0.00480 e. The Morgan fingerprint density at radius 3 is 2.12 bits per heavy atom.